The molecule has 0 aliphatic carbocycles. The van der Waals surface area contributed by atoms with E-state index in [1.54, 1.807) is 0 Å². The van der Waals surface area contributed by atoms with Crippen LogP contribution in [-0.4, -0.2) is 4.98 Å². The van der Waals surface area contributed by atoms with E-state index in [9.17, 15) is 0 Å². The highest BCUT2D eigenvalue weighted by atomic mass is 14.7. The van der Waals surface area contributed by atoms with Gasteiger partial charge in [-0.15, -0.1) is 0 Å². The monoisotopic (exact) mass is 192 g/mol. The lowest BCUT2D eigenvalue weighted by Crippen LogP contribution is -2.10. The second kappa shape index (κ2) is 4.45. The van der Waals surface area contributed by atoms with E-state index in [1.807, 2.05) is 19.2 Å². The van der Waals surface area contributed by atoms with Crippen LogP contribution in [0.4, 0.5) is 5.69 Å². The lowest BCUT2D eigenvalue weighted by atomic mass is 9.89. The first-order valence-corrected chi connectivity index (χ1v) is 5.28. The molecule has 2 unspecified atom stereocenters. The summed E-state index contributed by atoms with van der Waals surface area (Å²) in [7, 11) is 0. The van der Waals surface area contributed by atoms with Gasteiger partial charge in [0.15, 0.2) is 0 Å². The molecule has 0 saturated carbocycles. The van der Waals surface area contributed by atoms with Crippen LogP contribution in [0.2, 0.25) is 0 Å². The highest BCUT2D eigenvalue weighted by molar-refractivity contribution is 5.50. The minimum atomic E-state index is 0.444. The molecule has 1 aromatic rings. The Morgan fingerprint density at radius 1 is 1.43 bits per heavy atom. The number of hydrogen-bond acceptors (Lipinski definition) is 2. The largest absolute Gasteiger partial charge is 0.397 e. The number of rotatable bonds is 3. The third-order valence-electron chi connectivity index (χ3n) is 3.17. The molecule has 0 aliphatic rings. The zero-order valence-corrected chi connectivity index (χ0v) is 9.54. The summed E-state index contributed by atoms with van der Waals surface area (Å²) < 4.78 is 0. The van der Waals surface area contributed by atoms with Crippen molar-refractivity contribution in [2.24, 2.45) is 5.92 Å². The predicted molar refractivity (Wildman–Crippen MR) is 61.3 cm³/mol. The Labute approximate surface area is 86.5 Å². The molecule has 1 rings (SSSR count). The molecule has 2 nitrogen and oxygen atoms in total. The van der Waals surface area contributed by atoms with Gasteiger partial charge in [0.1, 0.15) is 0 Å². The van der Waals surface area contributed by atoms with Crippen LogP contribution >= 0.6 is 0 Å². The van der Waals surface area contributed by atoms with Crippen LogP contribution in [0.25, 0.3) is 0 Å². The summed E-state index contributed by atoms with van der Waals surface area (Å²) in [6, 6.07) is 1.96. The fourth-order valence-corrected chi connectivity index (χ4v) is 1.58. The molecule has 0 radical (unpaired) electrons. The van der Waals surface area contributed by atoms with Gasteiger partial charge in [-0.2, -0.15) is 0 Å². The number of nitrogens with two attached hydrogens (primary N) is 1. The Kier molecular flexibility index (Phi) is 3.50. The topological polar surface area (TPSA) is 38.9 Å². The average molecular weight is 192 g/mol. The number of nitrogens with zero attached hydrogens (tertiary/aromatic N) is 1. The number of aryl methyl sites for hydroxylation is 1. The zero-order valence-electron chi connectivity index (χ0n) is 9.54. The van der Waals surface area contributed by atoms with Gasteiger partial charge < -0.3 is 5.73 Å². The van der Waals surface area contributed by atoms with E-state index in [4.69, 9.17) is 5.73 Å². The quantitative estimate of drug-likeness (QED) is 0.799. The molecule has 2 N–H and O–H groups in total. The highest BCUT2D eigenvalue weighted by Crippen LogP contribution is 2.29. The van der Waals surface area contributed by atoms with Crippen molar-refractivity contribution in [1.29, 1.82) is 0 Å². The summed E-state index contributed by atoms with van der Waals surface area (Å²) in [5, 5.41) is 0. The Morgan fingerprint density at radius 3 is 2.64 bits per heavy atom. The normalized spacial score (nSPS) is 15.1. The number of anilines is 1. The molecule has 0 saturated heterocycles. The maximum absolute atomic E-state index is 6.01. The van der Waals surface area contributed by atoms with E-state index < -0.39 is 0 Å². The Bertz CT molecular complexity index is 307. The Hall–Kier alpha value is -1.05. The number of nitrogen functional groups attached to an aromatic ring is 1. The maximum Gasteiger partial charge on any atom is 0.0666 e. The first kappa shape index (κ1) is 11.0. The van der Waals surface area contributed by atoms with Crippen molar-refractivity contribution in [3.8, 4) is 0 Å². The summed E-state index contributed by atoms with van der Waals surface area (Å²) in [6.45, 7) is 8.68. The molecule has 1 heterocycles. The van der Waals surface area contributed by atoms with Gasteiger partial charge in [0.05, 0.1) is 11.4 Å². The molecule has 14 heavy (non-hydrogen) atoms. The van der Waals surface area contributed by atoms with E-state index in [0.717, 1.165) is 23.4 Å². The summed E-state index contributed by atoms with van der Waals surface area (Å²) in [4.78, 5) is 4.38. The van der Waals surface area contributed by atoms with Gasteiger partial charge in [-0.05, 0) is 24.5 Å². The van der Waals surface area contributed by atoms with Crippen molar-refractivity contribution in [2.45, 2.75) is 40.0 Å². The van der Waals surface area contributed by atoms with Gasteiger partial charge in [-0.1, -0.05) is 27.2 Å². The van der Waals surface area contributed by atoms with Crippen molar-refractivity contribution in [3.05, 3.63) is 23.5 Å². The van der Waals surface area contributed by atoms with Crippen LogP contribution in [0, 0.1) is 12.8 Å². The predicted octanol–water partition coefficient (Wildman–Crippen LogP) is 3.12. The van der Waals surface area contributed by atoms with Gasteiger partial charge in [-0.3, -0.25) is 4.98 Å². The zero-order chi connectivity index (χ0) is 10.7. The van der Waals surface area contributed by atoms with Crippen LogP contribution in [-0.2, 0) is 0 Å². The summed E-state index contributed by atoms with van der Waals surface area (Å²) in [6.07, 6.45) is 3.01. The van der Waals surface area contributed by atoms with Gasteiger partial charge >= 0.3 is 0 Å². The van der Waals surface area contributed by atoms with Crippen LogP contribution in [0.3, 0.4) is 0 Å². The van der Waals surface area contributed by atoms with Crippen molar-refractivity contribution >= 4 is 5.69 Å². The van der Waals surface area contributed by atoms with E-state index in [1.165, 1.54) is 0 Å². The van der Waals surface area contributed by atoms with Gasteiger partial charge in [-0.25, -0.2) is 0 Å². The van der Waals surface area contributed by atoms with Crippen LogP contribution in [0.5, 0.6) is 0 Å². The molecule has 0 spiro atoms. The Morgan fingerprint density at radius 2 is 2.07 bits per heavy atom. The molecule has 0 bridgehead atoms. The molecule has 0 amide bonds. The average Bonchev–Trinajstić information content (AvgIpc) is 2.20. The lowest BCUT2D eigenvalue weighted by Gasteiger charge is -2.19. The molecule has 0 fully saturated rings. The Balaban J connectivity index is 3.01. The third kappa shape index (κ3) is 2.06. The van der Waals surface area contributed by atoms with Crippen LogP contribution in [0.15, 0.2) is 12.3 Å². The number of hydrogen-bond donors (Lipinski definition) is 1. The SMILES string of the molecule is CCC(C)C(C)c1nccc(C)c1N. The molecular formula is C12H20N2. The molecule has 2 atom stereocenters. The summed E-state index contributed by atoms with van der Waals surface area (Å²) >= 11 is 0. The first-order chi connectivity index (χ1) is 6.57. The summed E-state index contributed by atoms with van der Waals surface area (Å²) in [5.41, 5.74) is 9.06. The van der Waals surface area contributed by atoms with Crippen molar-refractivity contribution in [3.63, 3.8) is 0 Å². The smallest absolute Gasteiger partial charge is 0.0666 e. The molecule has 1 aromatic heterocycles. The van der Waals surface area contributed by atoms with Crippen molar-refractivity contribution in [2.75, 3.05) is 5.73 Å². The molecule has 78 valence electrons. The fourth-order valence-electron chi connectivity index (χ4n) is 1.58. The van der Waals surface area contributed by atoms with Crippen molar-refractivity contribution in [1.82, 2.24) is 4.98 Å². The van der Waals surface area contributed by atoms with Crippen LogP contribution in [0.1, 0.15) is 44.4 Å². The molecule has 2 heteroatoms. The van der Waals surface area contributed by atoms with E-state index in [2.05, 4.69) is 25.8 Å². The second-order valence-corrected chi connectivity index (χ2v) is 4.10. The van der Waals surface area contributed by atoms with Gasteiger partial charge in [0.25, 0.3) is 0 Å². The minimum Gasteiger partial charge on any atom is -0.397 e. The standard InChI is InChI=1S/C12H20N2/c1-5-8(2)10(4)12-11(13)9(3)6-7-14-12/h6-8,10H,5,13H2,1-4H3. The fraction of sp³-hybridized carbons (Fsp3) is 0.583. The number of pyridine rings is 1. The van der Waals surface area contributed by atoms with Gasteiger partial charge in [0, 0.05) is 12.1 Å². The molecule has 0 aliphatic heterocycles. The minimum absolute atomic E-state index is 0.444. The maximum atomic E-state index is 6.01. The first-order valence-electron chi connectivity index (χ1n) is 5.28. The third-order valence-corrected chi connectivity index (χ3v) is 3.17. The second-order valence-electron chi connectivity index (χ2n) is 4.10. The van der Waals surface area contributed by atoms with Crippen molar-refractivity contribution < 1.29 is 0 Å². The molecular weight excluding hydrogens is 172 g/mol. The van der Waals surface area contributed by atoms with Gasteiger partial charge in [0.2, 0.25) is 0 Å². The van der Waals surface area contributed by atoms with E-state index in [0.29, 0.717) is 11.8 Å². The van der Waals surface area contributed by atoms with E-state index in [-0.39, 0.29) is 0 Å². The van der Waals surface area contributed by atoms with Crippen LogP contribution < -0.4 is 5.73 Å². The lowest BCUT2D eigenvalue weighted by molar-refractivity contribution is 0.466. The molecule has 0 aromatic carbocycles. The number of aromatic nitrogens is 1. The highest BCUT2D eigenvalue weighted by Gasteiger charge is 2.16. The van der Waals surface area contributed by atoms with E-state index >= 15 is 0 Å². The summed E-state index contributed by atoms with van der Waals surface area (Å²) in [5.74, 6) is 1.08.